The molecule has 0 N–H and O–H groups in total. The van der Waals surface area contributed by atoms with E-state index in [1.165, 1.54) is 5.56 Å². The van der Waals surface area contributed by atoms with E-state index in [-0.39, 0.29) is 0 Å². The van der Waals surface area contributed by atoms with Gasteiger partial charge in [-0.25, -0.2) is 14.5 Å². The number of fused-ring (bicyclic) bond motifs is 3. The Bertz CT molecular complexity index is 1300. The molecule has 0 unspecified atom stereocenters. The smallest absolute Gasteiger partial charge is 0.182 e. The first-order valence-electron chi connectivity index (χ1n) is 9.55. The molecule has 0 aliphatic carbocycles. The second kappa shape index (κ2) is 7.01. The second-order valence-corrected chi connectivity index (χ2v) is 6.94. The van der Waals surface area contributed by atoms with Gasteiger partial charge in [-0.15, -0.1) is 5.10 Å². The van der Waals surface area contributed by atoms with Crippen LogP contribution in [-0.2, 0) is 20.1 Å². The molecule has 0 aliphatic rings. The highest BCUT2D eigenvalue weighted by atomic mass is 16.5. The van der Waals surface area contributed by atoms with Crippen molar-refractivity contribution in [2.24, 2.45) is 7.05 Å². The van der Waals surface area contributed by atoms with E-state index >= 15 is 0 Å². The highest BCUT2D eigenvalue weighted by Gasteiger charge is 2.12. The third kappa shape index (κ3) is 3.20. The molecule has 0 amide bonds. The van der Waals surface area contributed by atoms with Gasteiger partial charge >= 0.3 is 0 Å². The molecule has 144 valence electrons. The van der Waals surface area contributed by atoms with Crippen molar-refractivity contribution in [1.82, 2.24) is 29.4 Å². The van der Waals surface area contributed by atoms with Crippen molar-refractivity contribution < 1.29 is 4.74 Å². The van der Waals surface area contributed by atoms with Crippen molar-refractivity contribution in [3.05, 3.63) is 72.2 Å². The van der Waals surface area contributed by atoms with Crippen LogP contribution < -0.4 is 4.74 Å². The maximum Gasteiger partial charge on any atom is 0.182 e. The van der Waals surface area contributed by atoms with E-state index in [1.807, 2.05) is 37.4 Å². The van der Waals surface area contributed by atoms with Crippen LogP contribution in [0.15, 0.2) is 61.1 Å². The summed E-state index contributed by atoms with van der Waals surface area (Å²) in [4.78, 5) is 9.13. The summed E-state index contributed by atoms with van der Waals surface area (Å²) in [6.45, 7) is 2.63. The third-order valence-corrected chi connectivity index (χ3v) is 4.99. The van der Waals surface area contributed by atoms with E-state index in [0.717, 1.165) is 40.0 Å². The normalized spacial score (nSPS) is 11.4. The van der Waals surface area contributed by atoms with Gasteiger partial charge in [0.1, 0.15) is 18.7 Å². The number of aryl methyl sites for hydroxylation is 2. The molecular weight excluding hydrogens is 364 g/mol. The molecule has 0 bridgehead atoms. The monoisotopic (exact) mass is 384 g/mol. The number of hydrogen-bond donors (Lipinski definition) is 0. The zero-order chi connectivity index (χ0) is 19.8. The Balaban J connectivity index is 1.42. The van der Waals surface area contributed by atoms with E-state index in [0.29, 0.717) is 12.4 Å². The van der Waals surface area contributed by atoms with E-state index in [4.69, 9.17) is 9.72 Å². The second-order valence-electron chi connectivity index (χ2n) is 6.94. The lowest BCUT2D eigenvalue weighted by Gasteiger charge is -2.07. The first-order chi connectivity index (χ1) is 14.2. The van der Waals surface area contributed by atoms with E-state index in [2.05, 4.69) is 40.3 Å². The van der Waals surface area contributed by atoms with Gasteiger partial charge < -0.3 is 4.74 Å². The summed E-state index contributed by atoms with van der Waals surface area (Å²) in [7, 11) is 1.86. The van der Waals surface area contributed by atoms with E-state index < -0.39 is 0 Å². The minimum atomic E-state index is 0.487. The Morgan fingerprint density at radius 2 is 1.86 bits per heavy atom. The van der Waals surface area contributed by atoms with Crippen molar-refractivity contribution in [2.45, 2.75) is 20.0 Å². The van der Waals surface area contributed by atoms with Crippen LogP contribution >= 0.6 is 0 Å². The Kier molecular flexibility index (Phi) is 4.20. The van der Waals surface area contributed by atoms with Gasteiger partial charge in [-0.3, -0.25) is 4.68 Å². The molecule has 0 saturated carbocycles. The Labute approximate surface area is 167 Å². The number of ether oxygens (including phenoxy) is 1. The van der Waals surface area contributed by atoms with Crippen LogP contribution in [-0.4, -0.2) is 29.4 Å². The maximum absolute atomic E-state index is 5.93. The van der Waals surface area contributed by atoms with Gasteiger partial charge in [0.15, 0.2) is 17.1 Å². The van der Waals surface area contributed by atoms with Crippen LogP contribution in [0.25, 0.3) is 28.1 Å². The predicted molar refractivity (Wildman–Crippen MR) is 111 cm³/mol. The lowest BCUT2D eigenvalue weighted by atomic mass is 10.1. The van der Waals surface area contributed by atoms with Gasteiger partial charge in [0.2, 0.25) is 0 Å². The van der Waals surface area contributed by atoms with Gasteiger partial charge in [0.25, 0.3) is 0 Å². The van der Waals surface area contributed by atoms with Gasteiger partial charge in [0, 0.05) is 12.6 Å². The van der Waals surface area contributed by atoms with Gasteiger partial charge in [-0.2, -0.15) is 5.10 Å². The molecule has 0 saturated heterocycles. The van der Waals surface area contributed by atoms with Crippen LogP contribution in [0.5, 0.6) is 5.75 Å². The molecule has 7 nitrogen and oxygen atoms in total. The van der Waals surface area contributed by atoms with Gasteiger partial charge in [-0.05, 0) is 35.7 Å². The molecular formula is C22H20N6O. The van der Waals surface area contributed by atoms with Crippen LogP contribution in [0.4, 0.5) is 0 Å². The average molecular weight is 384 g/mol. The SMILES string of the molecule is CCc1ccc(OCc2cccc(-c3nc4c5cnn(C)c5ncn4n3)c2)cc1. The summed E-state index contributed by atoms with van der Waals surface area (Å²) >= 11 is 0. The fourth-order valence-electron chi connectivity index (χ4n) is 3.35. The fourth-order valence-corrected chi connectivity index (χ4v) is 3.35. The first-order valence-corrected chi connectivity index (χ1v) is 9.55. The molecule has 0 spiro atoms. The molecule has 7 heteroatoms. The fraction of sp³-hybridized carbons (Fsp3) is 0.182. The lowest BCUT2D eigenvalue weighted by molar-refractivity contribution is 0.306. The largest absolute Gasteiger partial charge is 0.489 e. The number of nitrogens with zero attached hydrogens (tertiary/aromatic N) is 6. The Morgan fingerprint density at radius 3 is 2.69 bits per heavy atom. The summed E-state index contributed by atoms with van der Waals surface area (Å²) in [5.74, 6) is 1.51. The molecule has 0 fully saturated rings. The molecule has 0 atom stereocenters. The average Bonchev–Trinajstić information content (AvgIpc) is 3.36. The van der Waals surface area contributed by atoms with Gasteiger partial charge in [-0.1, -0.05) is 37.3 Å². The molecule has 3 heterocycles. The van der Waals surface area contributed by atoms with Crippen LogP contribution in [0.2, 0.25) is 0 Å². The van der Waals surface area contributed by atoms with E-state index in [9.17, 15) is 0 Å². The highest BCUT2D eigenvalue weighted by molar-refractivity contribution is 5.89. The zero-order valence-corrected chi connectivity index (χ0v) is 16.3. The molecule has 5 aromatic rings. The quantitative estimate of drug-likeness (QED) is 0.461. The number of hydrogen-bond acceptors (Lipinski definition) is 5. The molecule has 2 aromatic carbocycles. The van der Waals surface area contributed by atoms with Crippen molar-refractivity contribution >= 4 is 16.7 Å². The lowest BCUT2D eigenvalue weighted by Crippen LogP contribution is -1.96. The van der Waals surface area contributed by atoms with Crippen molar-refractivity contribution in [1.29, 1.82) is 0 Å². The Morgan fingerprint density at radius 1 is 1.00 bits per heavy atom. The topological polar surface area (TPSA) is 70.1 Å². The zero-order valence-electron chi connectivity index (χ0n) is 16.3. The van der Waals surface area contributed by atoms with Gasteiger partial charge in [0.05, 0.1) is 11.6 Å². The molecule has 0 radical (unpaired) electrons. The summed E-state index contributed by atoms with van der Waals surface area (Å²) < 4.78 is 9.36. The van der Waals surface area contributed by atoms with Crippen LogP contribution in [0.3, 0.4) is 0 Å². The molecule has 29 heavy (non-hydrogen) atoms. The molecule has 0 aliphatic heterocycles. The van der Waals surface area contributed by atoms with Crippen molar-refractivity contribution in [3.8, 4) is 17.1 Å². The summed E-state index contributed by atoms with van der Waals surface area (Å²) in [5, 5.41) is 9.73. The Hall–Kier alpha value is -3.74. The maximum atomic E-state index is 5.93. The third-order valence-electron chi connectivity index (χ3n) is 4.99. The minimum Gasteiger partial charge on any atom is -0.489 e. The van der Waals surface area contributed by atoms with Crippen LogP contribution in [0, 0.1) is 0 Å². The van der Waals surface area contributed by atoms with Crippen molar-refractivity contribution in [3.63, 3.8) is 0 Å². The van der Waals surface area contributed by atoms with Crippen molar-refractivity contribution in [2.75, 3.05) is 0 Å². The number of aromatic nitrogens is 6. The summed E-state index contributed by atoms with van der Waals surface area (Å²) in [5.41, 5.74) is 4.83. The first kappa shape index (κ1) is 17.4. The van der Waals surface area contributed by atoms with Crippen LogP contribution in [0.1, 0.15) is 18.1 Å². The number of benzene rings is 2. The van der Waals surface area contributed by atoms with E-state index in [1.54, 1.807) is 21.7 Å². The predicted octanol–water partition coefficient (Wildman–Crippen LogP) is 3.82. The molecule has 5 rings (SSSR count). The molecule has 3 aromatic heterocycles. The summed E-state index contributed by atoms with van der Waals surface area (Å²) in [6, 6.07) is 16.3. The summed E-state index contributed by atoms with van der Waals surface area (Å²) in [6.07, 6.45) is 4.46. The number of rotatable bonds is 5. The standard InChI is InChI=1S/C22H20N6O/c1-3-15-7-9-18(10-8-15)29-13-16-5-4-6-17(11-16)20-25-22-19-12-24-27(2)21(19)23-14-28(22)26-20/h4-12,14H,3,13H2,1-2H3. The highest BCUT2D eigenvalue weighted by Crippen LogP contribution is 2.22. The minimum absolute atomic E-state index is 0.487.